The number of carboxylic acid groups (broad SMARTS) is 1. The molecule has 1 fully saturated rings. The molecular weight excluding hydrogens is 242 g/mol. The predicted molar refractivity (Wildman–Crippen MR) is 62.0 cm³/mol. The summed E-state index contributed by atoms with van der Waals surface area (Å²) in [6, 6.07) is 6.47. The van der Waals surface area contributed by atoms with Crippen LogP contribution >= 0.6 is 11.8 Å². The van der Waals surface area contributed by atoms with Crippen LogP contribution in [0.15, 0.2) is 24.3 Å². The molecule has 1 aliphatic rings. The molecule has 2 amide bonds. The van der Waals surface area contributed by atoms with E-state index in [9.17, 15) is 14.4 Å². The maximum Gasteiger partial charge on any atom is 0.335 e. The van der Waals surface area contributed by atoms with Gasteiger partial charge >= 0.3 is 5.97 Å². The largest absolute Gasteiger partial charge is 0.478 e. The van der Waals surface area contributed by atoms with Crippen LogP contribution in [-0.2, 0) is 11.2 Å². The summed E-state index contributed by atoms with van der Waals surface area (Å²) in [6.45, 7) is 0. The zero-order chi connectivity index (χ0) is 12.4. The highest BCUT2D eigenvalue weighted by Crippen LogP contribution is 2.24. The molecule has 0 bridgehead atoms. The van der Waals surface area contributed by atoms with Gasteiger partial charge in [-0.3, -0.25) is 14.9 Å². The molecule has 17 heavy (non-hydrogen) atoms. The molecule has 1 unspecified atom stereocenters. The van der Waals surface area contributed by atoms with Crippen LogP contribution in [0.25, 0.3) is 0 Å². The molecule has 0 radical (unpaired) electrons. The number of thioether (sulfide) groups is 1. The van der Waals surface area contributed by atoms with E-state index in [-0.39, 0.29) is 23.1 Å². The van der Waals surface area contributed by atoms with Crippen molar-refractivity contribution in [2.75, 3.05) is 0 Å². The lowest BCUT2D eigenvalue weighted by Crippen LogP contribution is -2.25. The molecule has 1 aromatic carbocycles. The second-order valence-electron chi connectivity index (χ2n) is 3.55. The van der Waals surface area contributed by atoms with Gasteiger partial charge in [0.15, 0.2) is 0 Å². The van der Waals surface area contributed by atoms with Gasteiger partial charge in [0.1, 0.15) is 0 Å². The molecule has 0 aliphatic carbocycles. The molecule has 5 nitrogen and oxygen atoms in total. The number of rotatable bonds is 3. The van der Waals surface area contributed by atoms with E-state index in [4.69, 9.17) is 5.11 Å². The van der Waals surface area contributed by atoms with Crippen molar-refractivity contribution in [3.05, 3.63) is 35.4 Å². The molecule has 1 aliphatic heterocycles. The van der Waals surface area contributed by atoms with Gasteiger partial charge in [0, 0.05) is 0 Å². The number of hydrogen-bond donors (Lipinski definition) is 2. The fraction of sp³-hybridized carbons (Fsp3) is 0.182. The Hall–Kier alpha value is -1.82. The lowest BCUT2D eigenvalue weighted by molar-refractivity contribution is -0.118. The Kier molecular flexibility index (Phi) is 3.14. The lowest BCUT2D eigenvalue weighted by atomic mass is 10.0. The minimum absolute atomic E-state index is 0.167. The molecule has 2 N–H and O–H groups in total. The van der Waals surface area contributed by atoms with Gasteiger partial charge < -0.3 is 5.11 Å². The predicted octanol–water partition coefficient (Wildman–Crippen LogP) is 1.28. The number of hydrogen-bond acceptors (Lipinski definition) is 4. The Morgan fingerprint density at radius 1 is 1.35 bits per heavy atom. The van der Waals surface area contributed by atoms with E-state index in [1.807, 2.05) is 0 Å². The molecule has 0 aromatic heterocycles. The molecule has 1 atom stereocenters. The van der Waals surface area contributed by atoms with Crippen LogP contribution in [0.3, 0.4) is 0 Å². The molecular formula is C11H9NO4S. The minimum Gasteiger partial charge on any atom is -0.478 e. The van der Waals surface area contributed by atoms with E-state index in [2.05, 4.69) is 5.32 Å². The highest BCUT2D eigenvalue weighted by atomic mass is 32.2. The number of carboxylic acids is 1. The quantitative estimate of drug-likeness (QED) is 0.845. The van der Waals surface area contributed by atoms with Crippen molar-refractivity contribution in [2.24, 2.45) is 0 Å². The van der Waals surface area contributed by atoms with Crippen molar-refractivity contribution >= 4 is 28.9 Å². The molecule has 1 aromatic rings. The van der Waals surface area contributed by atoms with Gasteiger partial charge in [-0.25, -0.2) is 4.79 Å². The van der Waals surface area contributed by atoms with Gasteiger partial charge in [0.25, 0.3) is 5.24 Å². The molecule has 6 heteroatoms. The van der Waals surface area contributed by atoms with Crippen molar-refractivity contribution in [1.82, 2.24) is 5.32 Å². The van der Waals surface area contributed by atoms with E-state index in [0.717, 1.165) is 11.8 Å². The van der Waals surface area contributed by atoms with E-state index in [0.29, 0.717) is 5.56 Å². The van der Waals surface area contributed by atoms with Crippen molar-refractivity contribution in [3.8, 4) is 0 Å². The van der Waals surface area contributed by atoms with Crippen LogP contribution in [-0.4, -0.2) is 27.5 Å². The minimum atomic E-state index is -1.03. The molecule has 0 saturated carbocycles. The van der Waals surface area contributed by atoms with Gasteiger partial charge in [0.2, 0.25) is 5.91 Å². The van der Waals surface area contributed by atoms with Gasteiger partial charge in [-0.2, -0.15) is 0 Å². The van der Waals surface area contributed by atoms with Crippen LogP contribution < -0.4 is 5.32 Å². The smallest absolute Gasteiger partial charge is 0.335 e. The van der Waals surface area contributed by atoms with Crippen LogP contribution in [0.4, 0.5) is 4.79 Å². The first-order valence-corrected chi connectivity index (χ1v) is 5.78. The van der Waals surface area contributed by atoms with Crippen LogP contribution in [0.2, 0.25) is 0 Å². The van der Waals surface area contributed by atoms with Crippen molar-refractivity contribution in [2.45, 2.75) is 11.7 Å². The number of carbonyl (C=O) groups is 3. The van der Waals surface area contributed by atoms with Crippen molar-refractivity contribution < 1.29 is 19.5 Å². The SMILES string of the molecule is O=C1NC(=O)C(Cc2ccccc2C(=O)O)S1. The van der Waals surface area contributed by atoms with Crippen LogP contribution in [0.1, 0.15) is 15.9 Å². The van der Waals surface area contributed by atoms with Crippen molar-refractivity contribution in [3.63, 3.8) is 0 Å². The zero-order valence-electron chi connectivity index (χ0n) is 8.67. The van der Waals surface area contributed by atoms with Gasteiger partial charge in [-0.15, -0.1) is 0 Å². The second kappa shape index (κ2) is 4.58. The molecule has 1 heterocycles. The Balaban J connectivity index is 2.22. The average molecular weight is 251 g/mol. The summed E-state index contributed by atoms with van der Waals surface area (Å²) in [5.41, 5.74) is 0.725. The van der Waals surface area contributed by atoms with Crippen LogP contribution in [0.5, 0.6) is 0 Å². The first-order valence-electron chi connectivity index (χ1n) is 4.90. The third kappa shape index (κ3) is 2.47. The molecule has 88 valence electrons. The number of amides is 2. The summed E-state index contributed by atoms with van der Waals surface area (Å²) >= 11 is 0.896. The van der Waals surface area contributed by atoms with E-state index in [1.54, 1.807) is 18.2 Å². The maximum absolute atomic E-state index is 11.4. The number of benzene rings is 1. The fourth-order valence-electron chi connectivity index (χ4n) is 1.63. The first kappa shape index (κ1) is 11.7. The maximum atomic E-state index is 11.4. The number of imide groups is 1. The zero-order valence-corrected chi connectivity index (χ0v) is 9.49. The Morgan fingerprint density at radius 3 is 2.65 bits per heavy atom. The van der Waals surface area contributed by atoms with E-state index >= 15 is 0 Å². The summed E-state index contributed by atoms with van der Waals surface area (Å²) in [6.07, 6.45) is 0.241. The topological polar surface area (TPSA) is 83.5 Å². The Morgan fingerprint density at radius 2 is 2.06 bits per heavy atom. The fourth-order valence-corrected chi connectivity index (χ4v) is 2.48. The lowest BCUT2D eigenvalue weighted by Gasteiger charge is -2.08. The van der Waals surface area contributed by atoms with E-state index in [1.165, 1.54) is 6.07 Å². The van der Waals surface area contributed by atoms with Gasteiger partial charge in [0.05, 0.1) is 10.8 Å². The Labute approximate surface area is 101 Å². The van der Waals surface area contributed by atoms with Gasteiger partial charge in [-0.1, -0.05) is 30.0 Å². The third-order valence-electron chi connectivity index (χ3n) is 2.42. The monoisotopic (exact) mass is 251 g/mol. The molecule has 1 saturated heterocycles. The summed E-state index contributed by atoms with van der Waals surface area (Å²) < 4.78 is 0. The average Bonchev–Trinajstić information content (AvgIpc) is 2.58. The number of aromatic carboxylic acids is 1. The Bertz CT molecular complexity index is 500. The summed E-state index contributed by atoms with van der Waals surface area (Å²) in [5, 5.41) is 10.2. The number of carbonyl (C=O) groups excluding carboxylic acids is 2. The normalized spacial score (nSPS) is 19.2. The summed E-state index contributed by atoms with van der Waals surface area (Å²) in [7, 11) is 0. The number of nitrogens with one attached hydrogen (secondary N) is 1. The summed E-state index contributed by atoms with van der Waals surface area (Å²) in [5.74, 6) is -1.39. The first-order chi connectivity index (χ1) is 8.08. The van der Waals surface area contributed by atoms with Crippen molar-refractivity contribution in [1.29, 1.82) is 0 Å². The summed E-state index contributed by atoms with van der Waals surface area (Å²) in [4.78, 5) is 33.3. The highest BCUT2D eigenvalue weighted by molar-refractivity contribution is 8.15. The highest BCUT2D eigenvalue weighted by Gasteiger charge is 2.32. The third-order valence-corrected chi connectivity index (χ3v) is 3.40. The molecule has 2 rings (SSSR count). The van der Waals surface area contributed by atoms with Gasteiger partial charge in [-0.05, 0) is 18.1 Å². The van der Waals surface area contributed by atoms with Crippen LogP contribution in [0, 0.1) is 0 Å². The second-order valence-corrected chi connectivity index (χ2v) is 4.73. The molecule has 0 spiro atoms. The van der Waals surface area contributed by atoms with E-state index < -0.39 is 11.2 Å². The standard InChI is InChI=1S/C11H9NO4S/c13-9-8(17-11(16)12-9)5-6-3-1-2-4-7(6)10(14)15/h1-4,8H,5H2,(H,14,15)(H,12,13,16).